The van der Waals surface area contributed by atoms with E-state index in [1.54, 1.807) is 0 Å². The van der Waals surface area contributed by atoms with Crippen LogP contribution >= 0.6 is 24.8 Å². The lowest BCUT2D eigenvalue weighted by molar-refractivity contribution is -0.136. The van der Waals surface area contributed by atoms with E-state index in [9.17, 15) is 22.4 Å². The predicted octanol–water partition coefficient (Wildman–Crippen LogP) is 4.04. The van der Waals surface area contributed by atoms with Crippen LogP contribution in [0.25, 0.3) is 22.2 Å². The molecular formula is C21H25Cl2F4N5O. The molecule has 1 aromatic heterocycles. The molecule has 5 N–H and O–H groups in total. The van der Waals surface area contributed by atoms with Crippen molar-refractivity contribution in [3.05, 3.63) is 53.6 Å². The largest absolute Gasteiger partial charge is 0.418 e. The summed E-state index contributed by atoms with van der Waals surface area (Å²) in [4.78, 5) is 16.7. The van der Waals surface area contributed by atoms with Gasteiger partial charge in [0.2, 0.25) is 0 Å². The summed E-state index contributed by atoms with van der Waals surface area (Å²) in [6.45, 7) is 0.623. The van der Waals surface area contributed by atoms with Crippen LogP contribution in [0.2, 0.25) is 0 Å². The van der Waals surface area contributed by atoms with Crippen LogP contribution in [0.15, 0.2) is 36.4 Å². The fourth-order valence-electron chi connectivity index (χ4n) is 3.37. The predicted molar refractivity (Wildman–Crippen MR) is 124 cm³/mol. The molecule has 0 aliphatic heterocycles. The van der Waals surface area contributed by atoms with Crippen molar-refractivity contribution in [3.8, 4) is 11.1 Å². The monoisotopic (exact) mass is 509 g/mol. The number of imidazole rings is 1. The highest BCUT2D eigenvalue weighted by atomic mass is 35.5. The summed E-state index contributed by atoms with van der Waals surface area (Å²) < 4.78 is 55.8. The molecule has 33 heavy (non-hydrogen) atoms. The second kappa shape index (κ2) is 11.6. The first-order chi connectivity index (χ1) is 14.6. The maximum absolute atomic E-state index is 13.8. The molecule has 0 saturated carbocycles. The van der Waals surface area contributed by atoms with Gasteiger partial charge in [-0.05, 0) is 54.8 Å². The van der Waals surface area contributed by atoms with Gasteiger partial charge in [0, 0.05) is 19.6 Å². The fourth-order valence-corrected chi connectivity index (χ4v) is 3.37. The van der Waals surface area contributed by atoms with Crippen LogP contribution in [0.3, 0.4) is 0 Å². The number of aryl methyl sites for hydroxylation is 1. The van der Waals surface area contributed by atoms with Crippen LogP contribution in [0.1, 0.15) is 29.0 Å². The van der Waals surface area contributed by atoms with Gasteiger partial charge >= 0.3 is 6.18 Å². The molecule has 0 fully saturated rings. The van der Waals surface area contributed by atoms with Crippen molar-refractivity contribution >= 4 is 41.8 Å². The Balaban J connectivity index is 0.00000272. The summed E-state index contributed by atoms with van der Waals surface area (Å²) in [7, 11) is 1.35. The summed E-state index contributed by atoms with van der Waals surface area (Å²) in [5, 5.41) is 2.61. The molecule has 0 aliphatic rings. The lowest BCUT2D eigenvalue weighted by atomic mass is 10.0. The average Bonchev–Trinajstić information content (AvgIpc) is 3.06. The number of carbonyl (C=O) groups excluding carboxylic acids is 1. The number of alkyl halides is 3. The Labute approximate surface area is 200 Å². The maximum Gasteiger partial charge on any atom is 0.418 e. The van der Waals surface area contributed by atoms with Crippen LogP contribution in [-0.2, 0) is 13.2 Å². The van der Waals surface area contributed by atoms with Crippen LogP contribution in [0, 0.1) is 5.82 Å². The molecule has 2 aromatic carbocycles. The van der Waals surface area contributed by atoms with Crippen molar-refractivity contribution in [1.29, 1.82) is 0 Å². The number of nitrogens with zero attached hydrogens (tertiary/aromatic N) is 2. The SMILES string of the molecule is Cl.Cl.Cn1c(C(=O)NC[C@@H](N)CCCN)nc2cc(-c3ccc(F)cc3)cc(C(F)(F)F)c21. The number of benzene rings is 2. The minimum absolute atomic E-state index is 0. The molecule has 182 valence electrons. The van der Waals surface area contributed by atoms with Crippen LogP contribution in [-0.4, -0.2) is 34.6 Å². The van der Waals surface area contributed by atoms with Gasteiger partial charge in [-0.3, -0.25) is 4.79 Å². The first-order valence-electron chi connectivity index (χ1n) is 9.69. The van der Waals surface area contributed by atoms with E-state index in [-0.39, 0.29) is 59.8 Å². The standard InChI is InChI=1S/C21H23F4N5O.2ClH/c1-30-18-16(21(23,24)25)9-13(12-4-6-14(22)7-5-12)10-17(18)29-19(30)20(31)28-11-15(27)3-2-8-26;;/h4-7,9-10,15H,2-3,8,11,26-27H2,1H3,(H,28,31);2*1H/t15-;;/m0../s1. The van der Waals surface area contributed by atoms with Crippen molar-refractivity contribution in [1.82, 2.24) is 14.9 Å². The summed E-state index contributed by atoms with van der Waals surface area (Å²) in [6, 6.07) is 7.20. The number of hydrogen-bond acceptors (Lipinski definition) is 4. The average molecular weight is 510 g/mol. The highest BCUT2D eigenvalue weighted by Gasteiger charge is 2.35. The Morgan fingerprint density at radius 1 is 1.15 bits per heavy atom. The van der Waals surface area contributed by atoms with Crippen molar-refractivity contribution in [2.45, 2.75) is 25.1 Å². The van der Waals surface area contributed by atoms with E-state index in [1.165, 1.54) is 25.2 Å². The van der Waals surface area contributed by atoms with E-state index in [0.29, 0.717) is 24.9 Å². The number of fused-ring (bicyclic) bond motifs is 1. The second-order valence-corrected chi connectivity index (χ2v) is 7.29. The van der Waals surface area contributed by atoms with Gasteiger partial charge in [-0.2, -0.15) is 13.2 Å². The molecule has 0 spiro atoms. The fraction of sp³-hybridized carbons (Fsp3) is 0.333. The van der Waals surface area contributed by atoms with E-state index in [4.69, 9.17) is 11.5 Å². The first-order valence-corrected chi connectivity index (χ1v) is 9.69. The Hall–Kier alpha value is -2.40. The number of aromatic nitrogens is 2. The lowest BCUT2D eigenvalue weighted by Crippen LogP contribution is -2.38. The summed E-state index contributed by atoms with van der Waals surface area (Å²) in [5.74, 6) is -1.29. The van der Waals surface area contributed by atoms with Gasteiger partial charge in [0.05, 0.1) is 16.6 Å². The number of rotatable bonds is 7. The Morgan fingerprint density at radius 3 is 2.36 bits per heavy atom. The van der Waals surface area contributed by atoms with Crippen LogP contribution in [0.5, 0.6) is 0 Å². The van der Waals surface area contributed by atoms with Gasteiger partial charge in [0.15, 0.2) is 5.82 Å². The Kier molecular flexibility index (Phi) is 10.1. The molecule has 3 aromatic rings. The van der Waals surface area contributed by atoms with Gasteiger partial charge in [-0.15, -0.1) is 24.8 Å². The van der Waals surface area contributed by atoms with Crippen molar-refractivity contribution in [3.63, 3.8) is 0 Å². The van der Waals surface area contributed by atoms with E-state index in [1.807, 2.05) is 0 Å². The zero-order valence-electron chi connectivity index (χ0n) is 17.7. The molecule has 1 amide bonds. The quantitative estimate of drug-likeness (QED) is 0.418. The molecule has 1 atom stereocenters. The van der Waals surface area contributed by atoms with Gasteiger partial charge < -0.3 is 21.4 Å². The minimum Gasteiger partial charge on any atom is -0.348 e. The highest BCUT2D eigenvalue weighted by Crippen LogP contribution is 2.38. The topological polar surface area (TPSA) is 99.0 Å². The number of carbonyl (C=O) groups is 1. The number of nitrogens with one attached hydrogen (secondary N) is 1. The van der Waals surface area contributed by atoms with E-state index in [0.717, 1.165) is 22.8 Å². The van der Waals surface area contributed by atoms with E-state index < -0.39 is 23.5 Å². The Bertz CT molecular complexity index is 1090. The molecule has 0 aliphatic carbocycles. The zero-order chi connectivity index (χ0) is 22.8. The Morgan fingerprint density at radius 2 is 1.79 bits per heavy atom. The van der Waals surface area contributed by atoms with E-state index in [2.05, 4.69) is 10.3 Å². The third-order valence-electron chi connectivity index (χ3n) is 4.96. The molecule has 0 saturated heterocycles. The maximum atomic E-state index is 13.8. The number of hydrogen-bond donors (Lipinski definition) is 3. The number of amides is 1. The molecule has 12 heteroatoms. The summed E-state index contributed by atoms with van der Waals surface area (Å²) >= 11 is 0. The van der Waals surface area contributed by atoms with Crippen molar-refractivity contribution < 1.29 is 22.4 Å². The molecule has 0 radical (unpaired) electrons. The van der Waals surface area contributed by atoms with Gasteiger partial charge in [0.25, 0.3) is 5.91 Å². The van der Waals surface area contributed by atoms with Gasteiger partial charge in [0.1, 0.15) is 5.82 Å². The first kappa shape index (κ1) is 28.6. The summed E-state index contributed by atoms with van der Waals surface area (Å²) in [6.07, 6.45) is -3.37. The molecule has 3 rings (SSSR count). The molecule has 1 heterocycles. The van der Waals surface area contributed by atoms with E-state index >= 15 is 0 Å². The normalized spacial score (nSPS) is 12.1. The molecule has 0 bridgehead atoms. The highest BCUT2D eigenvalue weighted by molar-refractivity contribution is 5.96. The third-order valence-corrected chi connectivity index (χ3v) is 4.96. The van der Waals surface area contributed by atoms with Gasteiger partial charge in [-0.25, -0.2) is 9.37 Å². The second-order valence-electron chi connectivity index (χ2n) is 7.29. The van der Waals surface area contributed by atoms with Crippen LogP contribution < -0.4 is 16.8 Å². The van der Waals surface area contributed by atoms with Gasteiger partial charge in [-0.1, -0.05) is 12.1 Å². The number of halogens is 6. The third kappa shape index (κ3) is 6.57. The molecule has 0 unspecified atom stereocenters. The zero-order valence-corrected chi connectivity index (χ0v) is 19.3. The number of nitrogens with two attached hydrogens (primary N) is 2. The molecule has 6 nitrogen and oxygen atoms in total. The summed E-state index contributed by atoms with van der Waals surface area (Å²) in [5.41, 5.74) is 10.8. The van der Waals surface area contributed by atoms with Crippen molar-refractivity contribution in [2.24, 2.45) is 18.5 Å². The van der Waals surface area contributed by atoms with Crippen molar-refractivity contribution in [2.75, 3.05) is 13.1 Å². The van der Waals surface area contributed by atoms with Crippen LogP contribution in [0.4, 0.5) is 17.6 Å². The smallest absolute Gasteiger partial charge is 0.348 e. The lowest BCUT2D eigenvalue weighted by Gasteiger charge is -2.13. The minimum atomic E-state index is -4.68. The molecular weight excluding hydrogens is 485 g/mol.